The summed E-state index contributed by atoms with van der Waals surface area (Å²) in [5, 5.41) is 3.41. The Morgan fingerprint density at radius 1 is 0.733 bits per heavy atom. The summed E-state index contributed by atoms with van der Waals surface area (Å²) >= 11 is 0. The van der Waals surface area contributed by atoms with Gasteiger partial charge in [0.2, 0.25) is 0 Å². The molecule has 0 aliphatic heterocycles. The van der Waals surface area contributed by atoms with Crippen LogP contribution in [0.2, 0.25) is 0 Å². The van der Waals surface area contributed by atoms with Crippen LogP contribution in [0.5, 0.6) is 0 Å². The fraction of sp³-hybridized carbons (Fsp3) is 1.00. The van der Waals surface area contributed by atoms with Crippen LogP contribution in [-0.4, -0.2) is 26.3 Å². The summed E-state index contributed by atoms with van der Waals surface area (Å²) < 4.78 is 5.38. The summed E-state index contributed by atoms with van der Waals surface area (Å²) in [5.74, 6) is 0. The minimum atomic E-state index is 0.865. The number of ether oxygens (including phenoxy) is 1. The van der Waals surface area contributed by atoms with Gasteiger partial charge in [0.25, 0.3) is 0 Å². The third kappa shape index (κ3) is 13.9. The molecule has 0 aromatic rings. The minimum absolute atomic E-state index is 0.865. The fourth-order valence-corrected chi connectivity index (χ4v) is 1.55. The maximum absolute atomic E-state index is 5.38. The highest BCUT2D eigenvalue weighted by molar-refractivity contribution is 4.49. The maximum atomic E-state index is 5.38. The molecule has 2 nitrogen and oxygen atoms in total. The molecule has 0 atom stereocenters. The molecule has 0 unspecified atom stereocenters. The Morgan fingerprint density at radius 2 is 1.47 bits per heavy atom. The van der Waals surface area contributed by atoms with Gasteiger partial charge in [0.05, 0.1) is 6.61 Å². The number of hydrogen-bond acceptors (Lipinski definition) is 2. The number of unbranched alkanes of at least 4 members (excludes halogenated alkanes) is 5. The van der Waals surface area contributed by atoms with Crippen molar-refractivity contribution in [2.45, 2.75) is 58.8 Å². The van der Waals surface area contributed by atoms with Crippen LogP contribution in [0.3, 0.4) is 0 Å². The Bertz CT molecular complexity index is 94.7. The topological polar surface area (TPSA) is 21.3 Å². The summed E-state index contributed by atoms with van der Waals surface area (Å²) in [6.07, 6.45) is 9.38. The van der Waals surface area contributed by atoms with Crippen molar-refractivity contribution in [1.82, 2.24) is 5.32 Å². The molecule has 0 amide bonds. The van der Waals surface area contributed by atoms with Gasteiger partial charge in [-0.2, -0.15) is 0 Å². The second kappa shape index (κ2) is 13.9. The minimum Gasteiger partial charge on any atom is -0.380 e. The summed E-state index contributed by atoms with van der Waals surface area (Å²) in [5.41, 5.74) is 0. The Labute approximate surface area is 95.8 Å². The Balaban J connectivity index is 2.81. The van der Waals surface area contributed by atoms with E-state index in [0.29, 0.717) is 0 Å². The Hall–Kier alpha value is -0.0800. The molecule has 0 saturated heterocycles. The van der Waals surface area contributed by atoms with Crippen LogP contribution in [-0.2, 0) is 4.74 Å². The molecule has 0 aliphatic rings. The highest BCUT2D eigenvalue weighted by Gasteiger charge is 1.90. The van der Waals surface area contributed by atoms with Gasteiger partial charge in [-0.15, -0.1) is 0 Å². The SMILES string of the molecule is CCCCCCCCNCCOCCC. The fourth-order valence-electron chi connectivity index (χ4n) is 1.55. The van der Waals surface area contributed by atoms with Crippen LogP contribution in [0.15, 0.2) is 0 Å². The second-order valence-electron chi connectivity index (χ2n) is 4.13. The van der Waals surface area contributed by atoms with E-state index in [0.717, 1.165) is 32.7 Å². The first-order chi connectivity index (χ1) is 7.41. The molecule has 0 heterocycles. The Morgan fingerprint density at radius 3 is 2.20 bits per heavy atom. The van der Waals surface area contributed by atoms with Crippen molar-refractivity contribution in [1.29, 1.82) is 0 Å². The van der Waals surface area contributed by atoms with Crippen molar-refractivity contribution in [2.75, 3.05) is 26.3 Å². The van der Waals surface area contributed by atoms with E-state index in [2.05, 4.69) is 19.2 Å². The number of nitrogens with one attached hydrogen (secondary N) is 1. The monoisotopic (exact) mass is 215 g/mol. The molecule has 0 aromatic carbocycles. The lowest BCUT2D eigenvalue weighted by molar-refractivity contribution is 0.136. The lowest BCUT2D eigenvalue weighted by atomic mass is 10.1. The smallest absolute Gasteiger partial charge is 0.0590 e. The van der Waals surface area contributed by atoms with Gasteiger partial charge in [-0.05, 0) is 19.4 Å². The summed E-state index contributed by atoms with van der Waals surface area (Å²) in [6, 6.07) is 0. The zero-order valence-electron chi connectivity index (χ0n) is 10.7. The van der Waals surface area contributed by atoms with E-state index < -0.39 is 0 Å². The number of hydrogen-bond donors (Lipinski definition) is 1. The van der Waals surface area contributed by atoms with Gasteiger partial charge in [-0.25, -0.2) is 0 Å². The van der Waals surface area contributed by atoms with E-state index >= 15 is 0 Å². The molecule has 0 aromatic heterocycles. The molecule has 0 bridgehead atoms. The van der Waals surface area contributed by atoms with Crippen molar-refractivity contribution in [3.8, 4) is 0 Å². The highest BCUT2D eigenvalue weighted by Crippen LogP contribution is 2.03. The molecule has 15 heavy (non-hydrogen) atoms. The molecule has 92 valence electrons. The van der Waals surface area contributed by atoms with Gasteiger partial charge >= 0.3 is 0 Å². The molecule has 0 aliphatic carbocycles. The average Bonchev–Trinajstić information content (AvgIpc) is 2.26. The predicted octanol–water partition coefficient (Wildman–Crippen LogP) is 3.36. The molecule has 1 N–H and O–H groups in total. The zero-order chi connectivity index (χ0) is 11.2. The number of rotatable bonds is 12. The third-order valence-corrected chi connectivity index (χ3v) is 2.48. The van der Waals surface area contributed by atoms with Crippen LogP contribution in [0.1, 0.15) is 58.8 Å². The third-order valence-electron chi connectivity index (χ3n) is 2.48. The summed E-state index contributed by atoms with van der Waals surface area (Å²) in [4.78, 5) is 0. The van der Waals surface area contributed by atoms with Crippen molar-refractivity contribution in [3.05, 3.63) is 0 Å². The van der Waals surface area contributed by atoms with Gasteiger partial charge in [-0.3, -0.25) is 0 Å². The van der Waals surface area contributed by atoms with Crippen LogP contribution >= 0.6 is 0 Å². The van der Waals surface area contributed by atoms with Crippen molar-refractivity contribution < 1.29 is 4.74 Å². The second-order valence-corrected chi connectivity index (χ2v) is 4.13. The van der Waals surface area contributed by atoms with Crippen molar-refractivity contribution in [3.63, 3.8) is 0 Å². The van der Waals surface area contributed by atoms with Gasteiger partial charge in [0.15, 0.2) is 0 Å². The van der Waals surface area contributed by atoms with Crippen LogP contribution in [0, 0.1) is 0 Å². The van der Waals surface area contributed by atoms with Crippen molar-refractivity contribution in [2.24, 2.45) is 0 Å². The summed E-state index contributed by atoms with van der Waals surface area (Å²) in [6.45, 7) is 8.33. The lowest BCUT2D eigenvalue weighted by Gasteiger charge is -2.05. The van der Waals surface area contributed by atoms with Crippen LogP contribution in [0.25, 0.3) is 0 Å². The van der Waals surface area contributed by atoms with E-state index in [1.807, 2.05) is 0 Å². The van der Waals surface area contributed by atoms with E-state index in [9.17, 15) is 0 Å². The molecule has 0 fully saturated rings. The van der Waals surface area contributed by atoms with Crippen LogP contribution in [0.4, 0.5) is 0 Å². The van der Waals surface area contributed by atoms with E-state index in [1.54, 1.807) is 0 Å². The molecule has 0 saturated carbocycles. The molecule has 2 heteroatoms. The van der Waals surface area contributed by atoms with E-state index in [-0.39, 0.29) is 0 Å². The largest absolute Gasteiger partial charge is 0.380 e. The average molecular weight is 215 g/mol. The lowest BCUT2D eigenvalue weighted by Crippen LogP contribution is -2.20. The molecular formula is C13H29NO. The molecule has 0 rings (SSSR count). The standard InChI is InChI=1S/C13H29NO/c1-3-5-6-7-8-9-10-14-11-13-15-12-4-2/h14H,3-13H2,1-2H3. The molecular weight excluding hydrogens is 186 g/mol. The predicted molar refractivity (Wildman–Crippen MR) is 67.4 cm³/mol. The molecule has 0 radical (unpaired) electrons. The van der Waals surface area contributed by atoms with Crippen molar-refractivity contribution >= 4 is 0 Å². The summed E-state index contributed by atoms with van der Waals surface area (Å²) in [7, 11) is 0. The first-order valence-electron chi connectivity index (χ1n) is 6.70. The first kappa shape index (κ1) is 14.9. The maximum Gasteiger partial charge on any atom is 0.0590 e. The first-order valence-corrected chi connectivity index (χ1v) is 6.70. The Kier molecular flexibility index (Phi) is 13.8. The molecule has 0 spiro atoms. The van der Waals surface area contributed by atoms with Gasteiger partial charge < -0.3 is 10.1 Å². The normalized spacial score (nSPS) is 10.8. The highest BCUT2D eigenvalue weighted by atomic mass is 16.5. The zero-order valence-corrected chi connectivity index (χ0v) is 10.7. The van der Waals surface area contributed by atoms with Crippen LogP contribution < -0.4 is 5.32 Å². The van der Waals surface area contributed by atoms with Gasteiger partial charge in [-0.1, -0.05) is 46.0 Å². The quantitative estimate of drug-likeness (QED) is 0.504. The van der Waals surface area contributed by atoms with E-state index in [4.69, 9.17) is 4.74 Å². The van der Waals surface area contributed by atoms with E-state index in [1.165, 1.54) is 38.5 Å². The van der Waals surface area contributed by atoms with Gasteiger partial charge in [0, 0.05) is 13.2 Å². The van der Waals surface area contributed by atoms with Gasteiger partial charge in [0.1, 0.15) is 0 Å².